The normalized spacial score (nSPS) is 15.5. The van der Waals surface area contributed by atoms with Crippen molar-refractivity contribution in [3.8, 4) is 6.07 Å². The van der Waals surface area contributed by atoms with Crippen molar-refractivity contribution in [2.75, 3.05) is 16.9 Å². The van der Waals surface area contributed by atoms with Crippen LogP contribution in [0.3, 0.4) is 0 Å². The molecule has 1 heterocycles. The van der Waals surface area contributed by atoms with E-state index >= 15 is 4.39 Å². The maximum absolute atomic E-state index is 15.0. The second-order valence-electron chi connectivity index (χ2n) is 7.99. The molecule has 0 spiro atoms. The van der Waals surface area contributed by atoms with Crippen LogP contribution < -0.4 is 9.80 Å². The van der Waals surface area contributed by atoms with Crippen LogP contribution in [-0.2, 0) is 26.9 Å². The summed E-state index contributed by atoms with van der Waals surface area (Å²) < 4.78 is 60.0. The number of thiocarbonyl (C=S) groups is 1. The second-order valence-corrected chi connectivity index (χ2v) is 8.36. The van der Waals surface area contributed by atoms with Gasteiger partial charge in [0.25, 0.3) is 5.91 Å². The summed E-state index contributed by atoms with van der Waals surface area (Å²) in [5.41, 5.74) is -3.42. The molecular formula is C23H19F4N3O3S. The van der Waals surface area contributed by atoms with E-state index in [1.54, 1.807) is 24.3 Å². The number of carbonyl (C=O) groups excluding carboxylic acids is 2. The molecule has 6 nitrogen and oxygen atoms in total. The van der Waals surface area contributed by atoms with Crippen LogP contribution in [0.5, 0.6) is 0 Å². The van der Waals surface area contributed by atoms with Crippen molar-refractivity contribution in [1.82, 2.24) is 0 Å². The molecule has 2 aromatic carbocycles. The Labute approximate surface area is 198 Å². The van der Waals surface area contributed by atoms with Gasteiger partial charge in [0.15, 0.2) is 10.9 Å². The summed E-state index contributed by atoms with van der Waals surface area (Å²) in [6, 6.07) is 9.79. The molecule has 2 aromatic rings. The maximum atomic E-state index is 15.0. The van der Waals surface area contributed by atoms with Gasteiger partial charge in [-0.05, 0) is 62.3 Å². The number of ether oxygens (including phenoxy) is 1. The molecule has 1 aliphatic rings. The standard InChI is InChI=1S/C23H19F4N3O3S/c1-22(2)20(32)29(16-10-7-14(12-28)18(19(16)24)23(25,26)27)21(34)30(22)15-8-4-13(5-9-15)6-11-17(31)33-3/h4-5,7-10H,6,11H2,1-3H3. The summed E-state index contributed by atoms with van der Waals surface area (Å²) in [6.45, 7) is 3.03. The van der Waals surface area contributed by atoms with E-state index in [0.29, 0.717) is 17.0 Å². The van der Waals surface area contributed by atoms with Gasteiger partial charge >= 0.3 is 12.1 Å². The highest BCUT2D eigenvalue weighted by molar-refractivity contribution is 7.81. The van der Waals surface area contributed by atoms with Crippen LogP contribution in [0, 0.1) is 17.1 Å². The molecular weight excluding hydrogens is 474 g/mol. The van der Waals surface area contributed by atoms with Crippen molar-refractivity contribution in [3.05, 3.63) is 58.9 Å². The fraction of sp³-hybridized carbons (Fsp3) is 0.304. The van der Waals surface area contributed by atoms with Gasteiger partial charge in [0, 0.05) is 12.1 Å². The zero-order valence-electron chi connectivity index (χ0n) is 18.4. The Bertz CT molecular complexity index is 1200. The first kappa shape index (κ1) is 25.1. The summed E-state index contributed by atoms with van der Waals surface area (Å²) in [4.78, 5) is 26.7. The Kier molecular flexibility index (Phi) is 6.66. The molecule has 0 bridgehead atoms. The number of halogens is 4. The van der Waals surface area contributed by atoms with Crippen molar-refractivity contribution in [2.45, 2.75) is 38.4 Å². The zero-order valence-corrected chi connectivity index (χ0v) is 19.2. The van der Waals surface area contributed by atoms with Crippen molar-refractivity contribution in [1.29, 1.82) is 5.26 Å². The van der Waals surface area contributed by atoms with E-state index in [0.717, 1.165) is 17.7 Å². The first-order valence-electron chi connectivity index (χ1n) is 9.99. The van der Waals surface area contributed by atoms with Crippen LogP contribution >= 0.6 is 12.2 Å². The minimum Gasteiger partial charge on any atom is -0.469 e. The van der Waals surface area contributed by atoms with Gasteiger partial charge in [-0.15, -0.1) is 0 Å². The predicted molar refractivity (Wildman–Crippen MR) is 120 cm³/mol. The molecule has 1 fully saturated rings. The molecule has 0 saturated carbocycles. The Morgan fingerprint density at radius 1 is 1.18 bits per heavy atom. The number of esters is 1. The Balaban J connectivity index is 2.01. The van der Waals surface area contributed by atoms with Gasteiger partial charge in [-0.2, -0.15) is 18.4 Å². The molecule has 0 aromatic heterocycles. The number of nitriles is 1. The van der Waals surface area contributed by atoms with Gasteiger partial charge < -0.3 is 9.64 Å². The van der Waals surface area contributed by atoms with Gasteiger partial charge in [-0.1, -0.05) is 12.1 Å². The third kappa shape index (κ3) is 4.33. The molecule has 1 saturated heterocycles. The van der Waals surface area contributed by atoms with Gasteiger partial charge in [-0.3, -0.25) is 14.5 Å². The second kappa shape index (κ2) is 9.02. The first-order chi connectivity index (χ1) is 15.8. The van der Waals surface area contributed by atoms with E-state index in [2.05, 4.69) is 4.74 Å². The average molecular weight is 493 g/mol. The van der Waals surface area contributed by atoms with Gasteiger partial charge in [0.2, 0.25) is 0 Å². The molecule has 0 atom stereocenters. The van der Waals surface area contributed by atoms with Crippen LogP contribution in [0.15, 0.2) is 36.4 Å². The van der Waals surface area contributed by atoms with Crippen LogP contribution in [0.2, 0.25) is 0 Å². The maximum Gasteiger partial charge on any atom is 0.420 e. The molecule has 1 amide bonds. The highest BCUT2D eigenvalue weighted by Crippen LogP contribution is 2.41. The van der Waals surface area contributed by atoms with E-state index in [1.165, 1.54) is 31.9 Å². The van der Waals surface area contributed by atoms with E-state index < -0.39 is 40.3 Å². The molecule has 0 aliphatic carbocycles. The SMILES string of the molecule is COC(=O)CCc1ccc(N2C(=S)N(c3ccc(C#N)c(C(F)(F)F)c3F)C(=O)C2(C)C)cc1. The largest absolute Gasteiger partial charge is 0.469 e. The number of methoxy groups -OCH3 is 1. The van der Waals surface area contributed by atoms with Crippen LogP contribution in [0.4, 0.5) is 28.9 Å². The van der Waals surface area contributed by atoms with Crippen LogP contribution in [-0.4, -0.2) is 29.6 Å². The quantitative estimate of drug-likeness (QED) is 0.340. The van der Waals surface area contributed by atoms with E-state index in [4.69, 9.17) is 17.5 Å². The van der Waals surface area contributed by atoms with Gasteiger partial charge in [0.1, 0.15) is 11.1 Å². The number of nitrogens with zero attached hydrogens (tertiary/aromatic N) is 3. The highest BCUT2D eigenvalue weighted by atomic mass is 32.1. The Morgan fingerprint density at radius 3 is 2.32 bits per heavy atom. The Hall–Kier alpha value is -3.52. The third-order valence-electron chi connectivity index (χ3n) is 5.47. The molecule has 0 unspecified atom stereocenters. The molecule has 178 valence electrons. The number of benzene rings is 2. The predicted octanol–water partition coefficient (Wildman–Crippen LogP) is 4.74. The topological polar surface area (TPSA) is 73.6 Å². The molecule has 3 rings (SSSR count). The van der Waals surface area contributed by atoms with Crippen molar-refractivity contribution < 1.29 is 31.9 Å². The summed E-state index contributed by atoms with van der Waals surface area (Å²) in [5.74, 6) is -2.85. The van der Waals surface area contributed by atoms with Crippen LogP contribution in [0.25, 0.3) is 0 Å². The third-order valence-corrected chi connectivity index (χ3v) is 5.84. The highest BCUT2D eigenvalue weighted by Gasteiger charge is 2.51. The van der Waals surface area contributed by atoms with Gasteiger partial charge in [-0.25, -0.2) is 4.39 Å². The number of aryl methyl sites for hydroxylation is 1. The van der Waals surface area contributed by atoms with E-state index in [9.17, 15) is 22.8 Å². The number of carbonyl (C=O) groups is 2. The number of hydrogen-bond donors (Lipinski definition) is 0. The molecule has 34 heavy (non-hydrogen) atoms. The van der Waals surface area contributed by atoms with E-state index in [1.807, 2.05) is 0 Å². The number of hydrogen-bond acceptors (Lipinski definition) is 5. The summed E-state index contributed by atoms with van der Waals surface area (Å²) in [7, 11) is 1.29. The summed E-state index contributed by atoms with van der Waals surface area (Å²) in [5, 5.41) is 8.77. The molecule has 0 N–H and O–H groups in total. The lowest BCUT2D eigenvalue weighted by Gasteiger charge is -2.29. The van der Waals surface area contributed by atoms with Gasteiger partial charge in [0.05, 0.1) is 24.4 Å². The van der Waals surface area contributed by atoms with Crippen molar-refractivity contribution >= 4 is 40.6 Å². The average Bonchev–Trinajstić information content (AvgIpc) is 2.95. The first-order valence-corrected chi connectivity index (χ1v) is 10.4. The molecule has 11 heteroatoms. The number of amides is 1. The molecule has 0 radical (unpaired) electrons. The minimum absolute atomic E-state index is 0.176. The van der Waals surface area contributed by atoms with Crippen molar-refractivity contribution in [2.24, 2.45) is 0 Å². The van der Waals surface area contributed by atoms with Crippen LogP contribution in [0.1, 0.15) is 37.0 Å². The fourth-order valence-corrected chi connectivity index (χ4v) is 4.22. The monoisotopic (exact) mass is 493 g/mol. The minimum atomic E-state index is -5.15. The lowest BCUT2D eigenvalue weighted by Crippen LogP contribution is -2.44. The fourth-order valence-electron chi connectivity index (χ4n) is 3.71. The lowest BCUT2D eigenvalue weighted by molar-refractivity contribution is -0.141. The number of alkyl halides is 3. The number of anilines is 2. The summed E-state index contributed by atoms with van der Waals surface area (Å²) >= 11 is 5.40. The van der Waals surface area contributed by atoms with Crippen molar-refractivity contribution in [3.63, 3.8) is 0 Å². The zero-order chi connectivity index (χ0) is 25.4. The van der Waals surface area contributed by atoms with E-state index in [-0.39, 0.29) is 17.5 Å². The lowest BCUT2D eigenvalue weighted by atomic mass is 10.0. The number of rotatable bonds is 5. The summed E-state index contributed by atoms with van der Waals surface area (Å²) in [6.07, 6.45) is -4.55. The smallest absolute Gasteiger partial charge is 0.420 e. The molecule has 1 aliphatic heterocycles. The Morgan fingerprint density at radius 2 is 1.79 bits per heavy atom.